The van der Waals surface area contributed by atoms with Crippen LogP contribution in [0, 0.1) is 0 Å². The van der Waals surface area contributed by atoms with Gasteiger partial charge in [0, 0.05) is 149 Å². The third-order valence-corrected chi connectivity index (χ3v) is 18.9. The number of hydrogen-bond acceptors (Lipinski definition) is 27. The molecule has 39 heteroatoms. The quantitative estimate of drug-likeness (QED) is 0.0221. The number of nitrogens with one attached hydrogen (secondary N) is 6. The van der Waals surface area contributed by atoms with Crippen LogP contribution in [-0.4, -0.2) is 249 Å². The van der Waals surface area contributed by atoms with Gasteiger partial charge in [-0.25, -0.2) is 24.0 Å². The maximum atomic E-state index is 14.6. The van der Waals surface area contributed by atoms with Crippen molar-refractivity contribution in [3.05, 3.63) is 114 Å². The SMILES string of the molecule is CC(=O)NCCN1C[C@@H](n2ccc(N)nc2=O)C[C@H]1C(=O)NCCN1C[C@@H](n2ccc(N)nc2=O)C[C@H]1C(=O)NCCN1C[C@@H](n2ccc(N)nc2=O)C[C@H]1C(=O)NCCN1C[C@@H](n2ccc(N)nc2=O)C[C@H]1C(=O)NCCN1C[C@@H](n2ccc(N)nc2=O)C[C@H]1C(=O)NCCC(N)=O. The number of rotatable bonds is 28. The molecule has 0 bridgehead atoms. The lowest BCUT2D eigenvalue weighted by Crippen LogP contribution is -2.51. The Bertz CT molecular complexity index is 4120. The van der Waals surface area contributed by atoms with Crippen LogP contribution in [0.1, 0.15) is 75.7 Å². The number of likely N-dealkylation sites (tertiary alicyclic amines) is 5. The van der Waals surface area contributed by atoms with E-state index >= 15 is 0 Å². The van der Waals surface area contributed by atoms with Crippen LogP contribution < -0.4 is 94.8 Å². The molecule has 10 heterocycles. The van der Waals surface area contributed by atoms with Gasteiger partial charge in [0.2, 0.25) is 41.4 Å². The average molecular weight is 1380 g/mol. The minimum atomic E-state index is -0.850. The minimum Gasteiger partial charge on any atom is -0.383 e. The molecule has 7 amide bonds. The van der Waals surface area contributed by atoms with Crippen LogP contribution in [0.25, 0.3) is 0 Å². The first-order chi connectivity index (χ1) is 47.4. The third-order valence-electron chi connectivity index (χ3n) is 18.9. The molecule has 0 aromatic carbocycles. The van der Waals surface area contributed by atoms with Gasteiger partial charge in [-0.1, -0.05) is 0 Å². The second-order valence-corrected chi connectivity index (χ2v) is 25.4. The molecule has 0 saturated carbocycles. The second kappa shape index (κ2) is 31.8. The van der Waals surface area contributed by atoms with Gasteiger partial charge in [-0.2, -0.15) is 24.9 Å². The first-order valence-electron chi connectivity index (χ1n) is 32.7. The molecule has 0 aliphatic carbocycles. The Balaban J connectivity index is 0.791. The van der Waals surface area contributed by atoms with E-state index in [-0.39, 0.29) is 171 Å². The highest BCUT2D eigenvalue weighted by Crippen LogP contribution is 2.32. The summed E-state index contributed by atoms with van der Waals surface area (Å²) in [4.78, 5) is 188. The highest BCUT2D eigenvalue weighted by Gasteiger charge is 2.44. The zero-order valence-electron chi connectivity index (χ0n) is 54.7. The summed E-state index contributed by atoms with van der Waals surface area (Å²) in [5.41, 5.74) is 31.3. The number of nitrogen functional groups attached to an aromatic ring is 5. The standard InChI is InChI=1S/C60H85N27O12/c1-34(88)67-9-19-78-29-36(84-15-4-46(62)74-57(84)96)25-41(78)52(91)69-11-21-80-31-38(86-17-6-48(64)76-59(86)98)27-43(80)54(93)71-13-23-82-33-39(87-18-7-49(65)77-60(87)99)28-44(82)55(94)72-12-22-81-32-37(85-16-5-47(63)75-58(85)97)26-42(81)53(92)70-10-20-79-30-35(83-14-3-45(61)73-56(83)95)24-40(79)51(90)68-8-2-50(66)89/h3-7,14-18,35-44H,2,8-13,19-33H2,1H3,(H2,66,89)(H,67,88)(H,68,90)(H,69,91)(H,70,92)(H,71,93)(H,72,94)(H2,61,73,95)(H2,62,74,96)(H2,63,75,97)(H2,64,76,98)(H2,65,77,99)/t35-,36-,37-,38-,39-,40-,41-,42-,43-,44-/m0/s1. The lowest BCUT2D eigenvalue weighted by atomic mass is 10.1. The van der Waals surface area contributed by atoms with Crippen molar-refractivity contribution in [2.75, 3.05) is 133 Å². The molecule has 532 valence electrons. The molecule has 99 heavy (non-hydrogen) atoms. The molecule has 5 aromatic heterocycles. The molecule has 10 rings (SSSR count). The zero-order valence-corrected chi connectivity index (χ0v) is 54.7. The smallest absolute Gasteiger partial charge is 0.349 e. The zero-order chi connectivity index (χ0) is 70.8. The molecule has 5 aliphatic heterocycles. The van der Waals surface area contributed by atoms with E-state index in [4.69, 9.17) is 34.4 Å². The fraction of sp³-hybridized carbons (Fsp3) is 0.550. The predicted octanol–water partition coefficient (Wildman–Crippen LogP) is -8.15. The summed E-state index contributed by atoms with van der Waals surface area (Å²) in [5, 5.41) is 17.5. The Morgan fingerprint density at radius 2 is 0.556 bits per heavy atom. The minimum absolute atomic E-state index is 0.00258. The molecule has 0 spiro atoms. The Kier molecular flexibility index (Phi) is 22.9. The van der Waals surface area contributed by atoms with Gasteiger partial charge in [0.1, 0.15) is 29.1 Å². The van der Waals surface area contributed by atoms with Crippen molar-refractivity contribution in [2.45, 2.75) is 106 Å². The van der Waals surface area contributed by atoms with Crippen molar-refractivity contribution in [1.82, 2.24) is 104 Å². The summed E-state index contributed by atoms with van der Waals surface area (Å²) in [6.07, 6.45) is 8.42. The monoisotopic (exact) mass is 1380 g/mol. The molecule has 5 aliphatic rings. The van der Waals surface area contributed by atoms with Gasteiger partial charge < -0.3 is 66.3 Å². The third kappa shape index (κ3) is 17.6. The largest absolute Gasteiger partial charge is 0.383 e. The van der Waals surface area contributed by atoms with E-state index in [0.29, 0.717) is 13.1 Å². The van der Waals surface area contributed by atoms with E-state index in [1.807, 2.05) is 24.5 Å². The summed E-state index contributed by atoms with van der Waals surface area (Å²) in [6.45, 7) is 3.82. The number of anilines is 5. The maximum Gasteiger partial charge on any atom is 0.349 e. The van der Waals surface area contributed by atoms with Crippen molar-refractivity contribution >= 4 is 70.4 Å². The van der Waals surface area contributed by atoms with Crippen molar-refractivity contribution in [2.24, 2.45) is 5.73 Å². The molecule has 5 fully saturated rings. The van der Waals surface area contributed by atoms with E-state index in [1.54, 1.807) is 0 Å². The van der Waals surface area contributed by atoms with Gasteiger partial charge >= 0.3 is 28.4 Å². The van der Waals surface area contributed by atoms with Crippen LogP contribution in [0.4, 0.5) is 29.1 Å². The van der Waals surface area contributed by atoms with Gasteiger partial charge in [-0.05, 0) is 62.4 Å². The molecule has 0 unspecified atom stereocenters. The number of carbonyl (C=O) groups is 7. The molecule has 10 atom stereocenters. The van der Waals surface area contributed by atoms with E-state index in [1.165, 1.54) is 91.1 Å². The summed E-state index contributed by atoms with van der Waals surface area (Å²) < 4.78 is 7.03. The highest BCUT2D eigenvalue weighted by molar-refractivity contribution is 5.85. The van der Waals surface area contributed by atoms with E-state index < -0.39 is 118 Å². The summed E-state index contributed by atoms with van der Waals surface area (Å²) in [6, 6.07) is 0.894. The molecule has 18 N–H and O–H groups in total. The van der Waals surface area contributed by atoms with Gasteiger partial charge in [-0.3, -0.25) is 80.9 Å². The van der Waals surface area contributed by atoms with Gasteiger partial charge in [0.25, 0.3) is 0 Å². The Labute approximate surface area is 565 Å². The maximum absolute atomic E-state index is 14.6. The van der Waals surface area contributed by atoms with Crippen molar-refractivity contribution in [1.29, 1.82) is 0 Å². The van der Waals surface area contributed by atoms with Crippen LogP contribution in [-0.2, 0) is 33.6 Å². The molecule has 5 saturated heterocycles. The van der Waals surface area contributed by atoms with Gasteiger partial charge in [-0.15, -0.1) is 0 Å². The number of nitrogens with zero attached hydrogens (tertiary/aromatic N) is 15. The lowest BCUT2D eigenvalue weighted by Gasteiger charge is -2.27. The van der Waals surface area contributed by atoms with E-state index in [0.717, 1.165) is 0 Å². The topological polar surface area (TPSA) is 538 Å². The van der Waals surface area contributed by atoms with Crippen molar-refractivity contribution in [3.8, 4) is 0 Å². The van der Waals surface area contributed by atoms with Crippen molar-refractivity contribution in [3.63, 3.8) is 0 Å². The molecule has 39 nitrogen and oxygen atoms in total. The molecule has 0 radical (unpaired) electrons. The van der Waals surface area contributed by atoms with Crippen LogP contribution in [0.3, 0.4) is 0 Å². The summed E-state index contributed by atoms with van der Waals surface area (Å²) in [5.74, 6) is -2.67. The molecular weight excluding hydrogens is 1290 g/mol. The number of primary amides is 1. The number of hydrogen-bond donors (Lipinski definition) is 12. The van der Waals surface area contributed by atoms with Crippen LogP contribution in [0.15, 0.2) is 85.3 Å². The average Bonchev–Trinajstić information content (AvgIpc) is 1.70. The first kappa shape index (κ1) is 71.3. The van der Waals surface area contributed by atoms with Crippen molar-refractivity contribution < 1.29 is 33.6 Å². The summed E-state index contributed by atoms with van der Waals surface area (Å²) >= 11 is 0. The number of aromatic nitrogens is 10. The number of nitrogens with two attached hydrogens (primary N) is 6. The van der Waals surface area contributed by atoms with Crippen LogP contribution >= 0.6 is 0 Å². The second-order valence-electron chi connectivity index (χ2n) is 25.4. The fourth-order valence-corrected chi connectivity index (χ4v) is 14.1. The van der Waals surface area contributed by atoms with Crippen LogP contribution in [0.2, 0.25) is 0 Å². The van der Waals surface area contributed by atoms with E-state index in [9.17, 15) is 57.5 Å². The first-order valence-corrected chi connectivity index (χ1v) is 32.7. The Morgan fingerprint density at radius 3 is 0.747 bits per heavy atom. The summed E-state index contributed by atoms with van der Waals surface area (Å²) in [7, 11) is 0. The molecule has 5 aromatic rings. The highest BCUT2D eigenvalue weighted by atomic mass is 16.2. The fourth-order valence-electron chi connectivity index (χ4n) is 14.1. The predicted molar refractivity (Wildman–Crippen MR) is 357 cm³/mol. The van der Waals surface area contributed by atoms with E-state index in [2.05, 4.69) is 56.8 Å². The van der Waals surface area contributed by atoms with Gasteiger partial charge in [0.15, 0.2) is 0 Å². The van der Waals surface area contributed by atoms with Gasteiger partial charge in [0.05, 0.1) is 60.4 Å². The lowest BCUT2D eigenvalue weighted by molar-refractivity contribution is -0.127. The normalized spacial score (nSPS) is 23.6. The molecular formula is C60H85N27O12. The number of carbonyl (C=O) groups excluding carboxylic acids is 7. The number of amides is 7. The van der Waals surface area contributed by atoms with Crippen LogP contribution in [0.5, 0.6) is 0 Å². The Hall–Kier alpha value is -10.5. The Morgan fingerprint density at radius 1 is 0.354 bits per heavy atom.